The summed E-state index contributed by atoms with van der Waals surface area (Å²) in [6.07, 6.45) is 4.12. The first-order valence-corrected chi connectivity index (χ1v) is 11.1. The first-order chi connectivity index (χ1) is 17.0. The Labute approximate surface area is 202 Å². The van der Waals surface area contributed by atoms with Crippen molar-refractivity contribution in [1.82, 2.24) is 5.32 Å². The molecule has 9 heteroatoms. The molecule has 4 rings (SSSR count). The molecule has 0 unspecified atom stereocenters. The number of hydrogen-bond acceptors (Lipinski definition) is 7. The van der Waals surface area contributed by atoms with Crippen LogP contribution in [0.5, 0.6) is 11.5 Å². The van der Waals surface area contributed by atoms with Crippen LogP contribution in [0.2, 0.25) is 0 Å². The first kappa shape index (κ1) is 23.9. The topological polar surface area (TPSA) is 116 Å². The minimum atomic E-state index is -0.806. The lowest BCUT2D eigenvalue weighted by Gasteiger charge is -2.26. The molecule has 2 N–H and O–H groups in total. The normalized spacial score (nSPS) is 14.4. The van der Waals surface area contributed by atoms with E-state index in [0.29, 0.717) is 5.75 Å². The molecule has 9 nitrogen and oxygen atoms in total. The molecule has 0 bridgehead atoms. The molecular weight excluding hydrogens is 452 g/mol. The standard InChI is InChI=1S/C26H26N2O7/c1-32-22-13-18(20(14-23(22)33-2)28-25(30)21-11-6-12-34-21)26(31)35-15-24(29)27-19-10-5-8-16-7-3-4-9-17(16)19/h3-4,6-7,9,11-14,19H,5,8,10,15H2,1-2H3,(H,27,29)(H,28,30)/t19-/m0/s1. The van der Waals surface area contributed by atoms with Crippen LogP contribution in [0.1, 0.15) is 50.9 Å². The highest BCUT2D eigenvalue weighted by atomic mass is 16.5. The molecule has 2 amide bonds. The van der Waals surface area contributed by atoms with Gasteiger partial charge in [0.15, 0.2) is 23.9 Å². The summed E-state index contributed by atoms with van der Waals surface area (Å²) in [6, 6.07) is 13.7. The zero-order valence-electron chi connectivity index (χ0n) is 19.5. The van der Waals surface area contributed by atoms with Crippen LogP contribution in [-0.4, -0.2) is 38.6 Å². The Morgan fingerprint density at radius 1 is 1.03 bits per heavy atom. The van der Waals surface area contributed by atoms with Crippen LogP contribution in [0, 0.1) is 0 Å². The quantitative estimate of drug-likeness (QED) is 0.472. The maximum Gasteiger partial charge on any atom is 0.340 e. The van der Waals surface area contributed by atoms with Gasteiger partial charge in [-0.1, -0.05) is 24.3 Å². The zero-order valence-corrected chi connectivity index (χ0v) is 19.5. The van der Waals surface area contributed by atoms with Gasteiger partial charge in [0.25, 0.3) is 11.8 Å². The molecule has 1 heterocycles. The van der Waals surface area contributed by atoms with E-state index < -0.39 is 24.4 Å². The number of fused-ring (bicyclic) bond motifs is 1. The van der Waals surface area contributed by atoms with Crippen LogP contribution in [0.15, 0.2) is 59.2 Å². The van der Waals surface area contributed by atoms with Gasteiger partial charge in [-0.25, -0.2) is 4.79 Å². The average Bonchev–Trinajstić information content (AvgIpc) is 3.42. The number of rotatable bonds is 8. The Morgan fingerprint density at radius 3 is 2.54 bits per heavy atom. The number of methoxy groups -OCH3 is 2. The second-order valence-corrected chi connectivity index (χ2v) is 7.97. The van der Waals surface area contributed by atoms with Crippen molar-refractivity contribution in [1.29, 1.82) is 0 Å². The second-order valence-electron chi connectivity index (χ2n) is 7.97. The largest absolute Gasteiger partial charge is 0.493 e. The number of esters is 1. The van der Waals surface area contributed by atoms with Gasteiger partial charge in [-0.3, -0.25) is 9.59 Å². The van der Waals surface area contributed by atoms with E-state index in [-0.39, 0.29) is 28.8 Å². The maximum absolute atomic E-state index is 12.9. The molecule has 0 saturated heterocycles. The molecule has 2 aromatic carbocycles. The molecule has 3 aromatic rings. The number of benzene rings is 2. The maximum atomic E-state index is 12.9. The molecule has 1 aromatic heterocycles. The van der Waals surface area contributed by atoms with Crippen LogP contribution in [0.3, 0.4) is 0 Å². The minimum absolute atomic E-state index is 0.00151. The van der Waals surface area contributed by atoms with Gasteiger partial charge >= 0.3 is 5.97 Å². The third kappa shape index (κ3) is 5.46. The van der Waals surface area contributed by atoms with E-state index in [1.807, 2.05) is 18.2 Å². The molecule has 0 spiro atoms. The summed E-state index contributed by atoms with van der Waals surface area (Å²) in [5, 5.41) is 5.56. The Balaban J connectivity index is 1.47. The van der Waals surface area contributed by atoms with Crippen molar-refractivity contribution in [3.05, 3.63) is 77.2 Å². The summed E-state index contributed by atoms with van der Waals surface area (Å²) < 4.78 is 20.9. The van der Waals surface area contributed by atoms with Crippen LogP contribution < -0.4 is 20.1 Å². The molecule has 1 aliphatic rings. The van der Waals surface area contributed by atoms with Crippen molar-refractivity contribution in [3.63, 3.8) is 0 Å². The lowest BCUT2D eigenvalue weighted by atomic mass is 9.88. The zero-order chi connectivity index (χ0) is 24.8. The highest BCUT2D eigenvalue weighted by Gasteiger charge is 2.24. The average molecular weight is 479 g/mol. The van der Waals surface area contributed by atoms with Crippen LogP contribution in [0.25, 0.3) is 0 Å². The third-order valence-corrected chi connectivity index (χ3v) is 5.78. The SMILES string of the molecule is COc1cc(NC(=O)c2ccco2)c(C(=O)OCC(=O)N[C@H]2CCCc3ccccc32)cc1OC. The molecule has 1 atom stereocenters. The van der Waals surface area contributed by atoms with Crippen molar-refractivity contribution in [2.75, 3.05) is 26.1 Å². The fourth-order valence-corrected chi connectivity index (χ4v) is 4.09. The number of ether oxygens (including phenoxy) is 3. The molecular formula is C26H26N2O7. The lowest BCUT2D eigenvalue weighted by Crippen LogP contribution is -2.34. The van der Waals surface area contributed by atoms with Gasteiger partial charge in [0.2, 0.25) is 0 Å². The van der Waals surface area contributed by atoms with Crippen molar-refractivity contribution in [3.8, 4) is 11.5 Å². The monoisotopic (exact) mass is 478 g/mol. The predicted octanol–water partition coefficient (Wildman–Crippen LogP) is 3.90. The number of hydrogen-bond donors (Lipinski definition) is 2. The van der Waals surface area contributed by atoms with Crippen molar-refractivity contribution in [2.24, 2.45) is 0 Å². The Kier molecular flexibility index (Phi) is 7.35. The van der Waals surface area contributed by atoms with Gasteiger partial charge in [-0.05, 0) is 42.5 Å². The summed E-state index contributed by atoms with van der Waals surface area (Å²) in [5.74, 6) is -1.16. The molecule has 1 aliphatic carbocycles. The summed E-state index contributed by atoms with van der Waals surface area (Å²) in [6.45, 7) is -0.475. The van der Waals surface area contributed by atoms with Gasteiger partial charge in [0, 0.05) is 12.1 Å². The predicted molar refractivity (Wildman–Crippen MR) is 127 cm³/mol. The van der Waals surface area contributed by atoms with Gasteiger partial charge in [0.1, 0.15) is 0 Å². The van der Waals surface area contributed by atoms with E-state index in [0.717, 1.165) is 24.8 Å². The van der Waals surface area contributed by atoms with Gasteiger partial charge in [-0.15, -0.1) is 0 Å². The van der Waals surface area contributed by atoms with Crippen molar-refractivity contribution >= 4 is 23.5 Å². The van der Waals surface area contributed by atoms with Gasteiger partial charge in [0.05, 0.1) is 37.8 Å². The number of nitrogens with one attached hydrogen (secondary N) is 2. The smallest absolute Gasteiger partial charge is 0.340 e. The van der Waals surface area contributed by atoms with E-state index in [2.05, 4.69) is 16.7 Å². The van der Waals surface area contributed by atoms with E-state index in [9.17, 15) is 14.4 Å². The second kappa shape index (κ2) is 10.8. The van der Waals surface area contributed by atoms with E-state index in [1.165, 1.54) is 44.2 Å². The fourth-order valence-electron chi connectivity index (χ4n) is 4.09. The molecule has 0 saturated carbocycles. The van der Waals surface area contributed by atoms with Crippen LogP contribution in [-0.2, 0) is 16.0 Å². The van der Waals surface area contributed by atoms with Crippen LogP contribution >= 0.6 is 0 Å². The van der Waals surface area contributed by atoms with E-state index in [1.54, 1.807) is 6.07 Å². The van der Waals surface area contributed by atoms with Gasteiger partial charge < -0.3 is 29.3 Å². The number of amides is 2. The molecule has 35 heavy (non-hydrogen) atoms. The highest BCUT2D eigenvalue weighted by Crippen LogP contribution is 2.34. The first-order valence-electron chi connectivity index (χ1n) is 11.1. The Bertz CT molecular complexity index is 1220. The number of furan rings is 1. The number of carbonyl (C=O) groups excluding carboxylic acids is 3. The van der Waals surface area contributed by atoms with Crippen molar-refractivity contribution in [2.45, 2.75) is 25.3 Å². The third-order valence-electron chi connectivity index (χ3n) is 5.78. The number of carbonyl (C=O) groups is 3. The van der Waals surface area contributed by atoms with E-state index in [4.69, 9.17) is 18.6 Å². The molecule has 0 fully saturated rings. The molecule has 0 aliphatic heterocycles. The van der Waals surface area contributed by atoms with Crippen LogP contribution in [0.4, 0.5) is 5.69 Å². The van der Waals surface area contributed by atoms with E-state index >= 15 is 0 Å². The number of anilines is 1. The summed E-state index contributed by atoms with van der Waals surface area (Å²) >= 11 is 0. The molecule has 182 valence electrons. The summed E-state index contributed by atoms with van der Waals surface area (Å²) in [4.78, 5) is 38.0. The van der Waals surface area contributed by atoms with Crippen molar-refractivity contribution < 1.29 is 33.0 Å². The fraction of sp³-hybridized carbons (Fsp3) is 0.269. The molecule has 0 radical (unpaired) electrons. The van der Waals surface area contributed by atoms with Gasteiger partial charge in [-0.2, -0.15) is 0 Å². The Hall–Kier alpha value is -4.27. The number of aryl methyl sites for hydroxylation is 1. The minimum Gasteiger partial charge on any atom is -0.493 e. The summed E-state index contributed by atoms with van der Waals surface area (Å²) in [7, 11) is 2.85. The summed E-state index contributed by atoms with van der Waals surface area (Å²) in [5.41, 5.74) is 2.42. The highest BCUT2D eigenvalue weighted by molar-refractivity contribution is 6.07. The lowest BCUT2D eigenvalue weighted by molar-refractivity contribution is -0.125. The Morgan fingerprint density at radius 2 is 1.80 bits per heavy atom.